The largest absolute Gasteiger partial charge is 0.480 e. The number of nitrogens with one attached hydrogen (secondary N) is 1. The number of thiol groups is 1. The Morgan fingerprint density at radius 1 is 1.25 bits per heavy atom. The molecule has 0 heterocycles. The predicted octanol–water partition coefficient (Wildman–Crippen LogP) is 1.08. The maximum Gasteiger partial charge on any atom is 0.352 e. The minimum atomic E-state index is -1.26. The van der Waals surface area contributed by atoms with Crippen LogP contribution in [0, 0.1) is 0 Å². The molecule has 0 unspecified atom stereocenters. The highest BCUT2D eigenvalue weighted by molar-refractivity contribution is 7.93. The van der Waals surface area contributed by atoms with E-state index in [-0.39, 0.29) is 16.9 Å². The first-order valence-electron chi connectivity index (χ1n) is 5.26. The molecular weight excluding hydrogens is 306 g/mol. The number of carboxylic acids is 2. The average molecular weight is 317 g/mol. The zero-order valence-electron chi connectivity index (χ0n) is 9.98. The number of aromatic carboxylic acids is 1. The SMILES string of the molecule is O=C(O)c1ccccc1C(=O)OSN[C@H](CS)C(=O)O. The molecule has 0 aromatic heterocycles. The third-order valence-corrected chi connectivity index (χ3v) is 3.15. The van der Waals surface area contributed by atoms with Crippen LogP contribution in [0.1, 0.15) is 20.7 Å². The molecule has 9 heteroatoms. The van der Waals surface area contributed by atoms with Crippen LogP contribution in [0.3, 0.4) is 0 Å². The summed E-state index contributed by atoms with van der Waals surface area (Å²) in [6.07, 6.45) is 0. The maximum absolute atomic E-state index is 11.7. The summed E-state index contributed by atoms with van der Waals surface area (Å²) in [7, 11) is 0. The highest BCUT2D eigenvalue weighted by Gasteiger charge is 2.19. The summed E-state index contributed by atoms with van der Waals surface area (Å²) in [6.45, 7) is 0. The summed E-state index contributed by atoms with van der Waals surface area (Å²) in [6, 6.07) is 4.55. The van der Waals surface area contributed by atoms with Crippen LogP contribution < -0.4 is 4.72 Å². The van der Waals surface area contributed by atoms with Gasteiger partial charge in [0.15, 0.2) is 0 Å². The monoisotopic (exact) mass is 317 g/mol. The molecule has 0 amide bonds. The lowest BCUT2D eigenvalue weighted by molar-refractivity contribution is -0.138. The van der Waals surface area contributed by atoms with E-state index in [1.54, 1.807) is 0 Å². The number of rotatable bonds is 7. The first-order chi connectivity index (χ1) is 9.47. The molecule has 1 atom stereocenters. The summed E-state index contributed by atoms with van der Waals surface area (Å²) in [4.78, 5) is 33.3. The zero-order chi connectivity index (χ0) is 15.1. The molecule has 0 aliphatic rings. The van der Waals surface area contributed by atoms with Gasteiger partial charge in [0.05, 0.1) is 11.1 Å². The third kappa shape index (κ3) is 4.44. The van der Waals surface area contributed by atoms with Crippen LogP contribution in [0.5, 0.6) is 0 Å². The van der Waals surface area contributed by atoms with Gasteiger partial charge in [-0.25, -0.2) is 14.3 Å². The van der Waals surface area contributed by atoms with Crippen molar-refractivity contribution in [2.24, 2.45) is 0 Å². The van der Waals surface area contributed by atoms with E-state index in [1.165, 1.54) is 24.3 Å². The van der Waals surface area contributed by atoms with Gasteiger partial charge in [0.2, 0.25) is 0 Å². The quantitative estimate of drug-likeness (QED) is 0.336. The Bertz CT molecular complexity index is 521. The smallest absolute Gasteiger partial charge is 0.352 e. The molecule has 0 radical (unpaired) electrons. The van der Waals surface area contributed by atoms with E-state index in [2.05, 4.69) is 17.4 Å². The van der Waals surface area contributed by atoms with Gasteiger partial charge in [-0.1, -0.05) is 12.1 Å². The number of carbonyl (C=O) groups is 3. The van der Waals surface area contributed by atoms with Crippen LogP contribution in [0.2, 0.25) is 0 Å². The second-order valence-corrected chi connectivity index (χ2v) is 4.43. The first-order valence-corrected chi connectivity index (χ1v) is 6.64. The van der Waals surface area contributed by atoms with Gasteiger partial charge in [0.1, 0.15) is 18.3 Å². The van der Waals surface area contributed by atoms with Gasteiger partial charge in [-0.2, -0.15) is 12.6 Å². The van der Waals surface area contributed by atoms with Crippen molar-refractivity contribution in [3.63, 3.8) is 0 Å². The molecule has 1 aromatic carbocycles. The van der Waals surface area contributed by atoms with E-state index in [4.69, 9.17) is 14.4 Å². The van der Waals surface area contributed by atoms with E-state index in [1.807, 2.05) is 0 Å². The molecule has 0 spiro atoms. The van der Waals surface area contributed by atoms with Crippen molar-refractivity contribution in [3.8, 4) is 0 Å². The van der Waals surface area contributed by atoms with Crippen LogP contribution in [-0.2, 0) is 8.98 Å². The van der Waals surface area contributed by atoms with Crippen molar-refractivity contribution in [1.29, 1.82) is 0 Å². The zero-order valence-corrected chi connectivity index (χ0v) is 11.7. The van der Waals surface area contributed by atoms with Crippen molar-refractivity contribution in [1.82, 2.24) is 4.72 Å². The molecule has 108 valence electrons. The van der Waals surface area contributed by atoms with E-state index >= 15 is 0 Å². The standard InChI is InChI=1S/C11H11NO6S2/c13-9(14)6-3-1-2-4-7(6)11(17)18-20-12-8(5-19)10(15)16/h1-4,8,12,19H,5H2,(H,13,14)(H,15,16)/t8-/m1/s1. The van der Waals surface area contributed by atoms with Gasteiger partial charge in [-0.3, -0.25) is 4.79 Å². The Labute approximate surface area is 124 Å². The lowest BCUT2D eigenvalue weighted by Gasteiger charge is -2.10. The summed E-state index contributed by atoms with van der Waals surface area (Å²) in [5, 5.41) is 17.7. The van der Waals surface area contributed by atoms with Crippen LogP contribution in [0.25, 0.3) is 0 Å². The van der Waals surface area contributed by atoms with Crippen LogP contribution in [0.4, 0.5) is 0 Å². The number of hydrogen-bond donors (Lipinski definition) is 4. The first kappa shape index (κ1) is 16.3. The molecule has 0 aliphatic carbocycles. The van der Waals surface area contributed by atoms with E-state index < -0.39 is 23.9 Å². The molecule has 0 aliphatic heterocycles. The summed E-state index contributed by atoms with van der Waals surface area (Å²) in [5.74, 6) is -3.28. The highest BCUT2D eigenvalue weighted by atomic mass is 32.2. The molecule has 0 saturated heterocycles. The highest BCUT2D eigenvalue weighted by Crippen LogP contribution is 2.13. The van der Waals surface area contributed by atoms with Gasteiger partial charge < -0.3 is 14.4 Å². The van der Waals surface area contributed by atoms with Crippen LogP contribution in [-0.4, -0.2) is 39.9 Å². The minimum Gasteiger partial charge on any atom is -0.480 e. The second-order valence-electron chi connectivity index (χ2n) is 3.50. The van der Waals surface area contributed by atoms with Crippen LogP contribution >= 0.6 is 24.9 Å². The topological polar surface area (TPSA) is 113 Å². The number of hydrogen-bond acceptors (Lipinski definition) is 7. The van der Waals surface area contributed by atoms with Crippen molar-refractivity contribution in [3.05, 3.63) is 35.4 Å². The fourth-order valence-corrected chi connectivity index (χ4v) is 2.06. The Balaban J connectivity index is 2.64. The van der Waals surface area contributed by atoms with E-state index in [0.29, 0.717) is 12.2 Å². The molecule has 0 bridgehead atoms. The van der Waals surface area contributed by atoms with E-state index in [0.717, 1.165) is 0 Å². The Morgan fingerprint density at radius 3 is 2.35 bits per heavy atom. The molecule has 3 N–H and O–H groups in total. The Morgan fingerprint density at radius 2 is 1.85 bits per heavy atom. The molecule has 1 aromatic rings. The second kappa shape index (κ2) is 7.78. The Kier molecular flexibility index (Phi) is 6.36. The lowest BCUT2D eigenvalue weighted by atomic mass is 10.1. The number of carbonyl (C=O) groups excluding carboxylic acids is 1. The summed E-state index contributed by atoms with van der Waals surface area (Å²) in [5.41, 5.74) is -0.311. The predicted molar refractivity (Wildman–Crippen MR) is 74.8 cm³/mol. The average Bonchev–Trinajstić information content (AvgIpc) is 2.42. The van der Waals surface area contributed by atoms with Gasteiger partial charge >= 0.3 is 17.9 Å². The summed E-state index contributed by atoms with van der Waals surface area (Å²) < 4.78 is 7.08. The normalized spacial score (nSPS) is 11.7. The molecule has 20 heavy (non-hydrogen) atoms. The van der Waals surface area contributed by atoms with Crippen molar-refractivity contribution >= 4 is 42.8 Å². The molecule has 1 rings (SSSR count). The van der Waals surface area contributed by atoms with Gasteiger partial charge in [0, 0.05) is 5.75 Å². The maximum atomic E-state index is 11.7. The lowest BCUT2D eigenvalue weighted by Crippen LogP contribution is -2.34. The van der Waals surface area contributed by atoms with Gasteiger partial charge in [0.25, 0.3) is 0 Å². The number of carboxylic acid groups (broad SMARTS) is 2. The van der Waals surface area contributed by atoms with Crippen molar-refractivity contribution < 1.29 is 28.8 Å². The number of aliphatic carboxylic acids is 1. The fourth-order valence-electron chi connectivity index (χ4n) is 1.18. The van der Waals surface area contributed by atoms with Crippen molar-refractivity contribution in [2.45, 2.75) is 6.04 Å². The van der Waals surface area contributed by atoms with Crippen LogP contribution in [0.15, 0.2) is 24.3 Å². The van der Waals surface area contributed by atoms with E-state index in [9.17, 15) is 14.4 Å². The third-order valence-electron chi connectivity index (χ3n) is 2.17. The molecular formula is C11H11NO6S2. The Hall–Kier alpha value is -1.71. The molecule has 0 saturated carbocycles. The molecule has 0 fully saturated rings. The van der Waals surface area contributed by atoms with Gasteiger partial charge in [-0.15, -0.1) is 0 Å². The fraction of sp³-hybridized carbons (Fsp3) is 0.182. The number of benzene rings is 1. The summed E-state index contributed by atoms with van der Waals surface area (Å²) >= 11 is 4.23. The molecule has 7 nitrogen and oxygen atoms in total. The van der Waals surface area contributed by atoms with Gasteiger partial charge in [-0.05, 0) is 12.1 Å². The van der Waals surface area contributed by atoms with Crippen molar-refractivity contribution in [2.75, 3.05) is 5.75 Å². The minimum absolute atomic E-state index is 0.00555.